The highest BCUT2D eigenvalue weighted by molar-refractivity contribution is 6.30. The molecule has 4 nitrogen and oxygen atoms in total. The zero-order valence-corrected chi connectivity index (χ0v) is 12.5. The molecule has 0 atom stereocenters. The monoisotopic (exact) mass is 314 g/mol. The van der Waals surface area contributed by atoms with Gasteiger partial charge in [-0.3, -0.25) is 4.79 Å². The van der Waals surface area contributed by atoms with E-state index in [0.29, 0.717) is 18.2 Å². The van der Waals surface area contributed by atoms with Crippen molar-refractivity contribution >= 4 is 17.5 Å². The van der Waals surface area contributed by atoms with Crippen molar-refractivity contribution < 1.29 is 13.9 Å². The van der Waals surface area contributed by atoms with Crippen molar-refractivity contribution in [2.75, 3.05) is 13.2 Å². The Hall–Kier alpha value is -1.33. The van der Waals surface area contributed by atoms with Gasteiger partial charge in [0.1, 0.15) is 11.6 Å². The Balaban J connectivity index is 1.73. The van der Waals surface area contributed by atoms with Crippen LogP contribution in [0.5, 0.6) is 5.75 Å². The average molecular weight is 315 g/mol. The maximum Gasteiger partial charge on any atom is 0.258 e. The molecular formula is C15H20ClFN2O2. The summed E-state index contributed by atoms with van der Waals surface area (Å²) in [5.41, 5.74) is 5.64. The van der Waals surface area contributed by atoms with E-state index in [4.69, 9.17) is 22.1 Å². The summed E-state index contributed by atoms with van der Waals surface area (Å²) < 4.78 is 18.5. The molecule has 1 amide bonds. The number of nitrogens with two attached hydrogens (primary N) is 1. The Kier molecular flexibility index (Phi) is 5.82. The Morgan fingerprint density at radius 1 is 1.38 bits per heavy atom. The third kappa shape index (κ3) is 4.86. The van der Waals surface area contributed by atoms with Gasteiger partial charge in [0.25, 0.3) is 5.91 Å². The minimum atomic E-state index is -0.560. The predicted molar refractivity (Wildman–Crippen MR) is 79.8 cm³/mol. The second-order valence-corrected chi connectivity index (χ2v) is 5.79. The SMILES string of the molecule is NC[C@H]1CC[C@H](NC(=O)COc2ccc(Cl)c(F)c2)CC1. The van der Waals surface area contributed by atoms with Gasteiger partial charge in [-0.15, -0.1) is 0 Å². The molecule has 0 aliphatic heterocycles. The van der Waals surface area contributed by atoms with Crippen LogP contribution in [0.15, 0.2) is 18.2 Å². The van der Waals surface area contributed by atoms with Crippen LogP contribution in [0.4, 0.5) is 4.39 Å². The number of nitrogens with one attached hydrogen (secondary N) is 1. The maximum atomic E-state index is 13.2. The molecule has 0 spiro atoms. The number of hydrogen-bond acceptors (Lipinski definition) is 3. The first-order chi connectivity index (χ1) is 10.1. The van der Waals surface area contributed by atoms with Crippen LogP contribution >= 0.6 is 11.6 Å². The van der Waals surface area contributed by atoms with Gasteiger partial charge >= 0.3 is 0 Å². The number of carbonyl (C=O) groups is 1. The number of hydrogen-bond donors (Lipinski definition) is 2. The summed E-state index contributed by atoms with van der Waals surface area (Å²) in [6.45, 7) is 0.587. The third-order valence-corrected chi connectivity index (χ3v) is 4.11. The van der Waals surface area contributed by atoms with Gasteiger partial charge in [0, 0.05) is 12.1 Å². The molecule has 0 bridgehead atoms. The number of halogens is 2. The van der Waals surface area contributed by atoms with Gasteiger partial charge in [-0.2, -0.15) is 0 Å². The highest BCUT2D eigenvalue weighted by Gasteiger charge is 2.21. The molecule has 2 rings (SSSR count). The number of benzene rings is 1. The van der Waals surface area contributed by atoms with Crippen molar-refractivity contribution in [2.24, 2.45) is 11.7 Å². The van der Waals surface area contributed by atoms with Crippen LogP contribution in [-0.4, -0.2) is 25.1 Å². The molecule has 0 heterocycles. The number of carbonyl (C=O) groups excluding carboxylic acids is 1. The highest BCUT2D eigenvalue weighted by atomic mass is 35.5. The fraction of sp³-hybridized carbons (Fsp3) is 0.533. The van der Waals surface area contributed by atoms with Crippen LogP contribution in [0, 0.1) is 11.7 Å². The molecule has 1 aliphatic rings. The Morgan fingerprint density at radius 3 is 2.71 bits per heavy atom. The van der Waals surface area contributed by atoms with E-state index in [2.05, 4.69) is 5.32 Å². The molecule has 0 aromatic heterocycles. The minimum absolute atomic E-state index is 0.0310. The molecule has 0 radical (unpaired) electrons. The first-order valence-electron chi connectivity index (χ1n) is 7.15. The van der Waals surface area contributed by atoms with Crippen molar-refractivity contribution in [3.63, 3.8) is 0 Å². The van der Waals surface area contributed by atoms with Crippen molar-refractivity contribution in [1.29, 1.82) is 0 Å². The fourth-order valence-corrected chi connectivity index (χ4v) is 2.64. The third-order valence-electron chi connectivity index (χ3n) is 3.81. The average Bonchev–Trinajstić information content (AvgIpc) is 2.49. The number of rotatable bonds is 5. The van der Waals surface area contributed by atoms with Gasteiger partial charge in [0.15, 0.2) is 6.61 Å². The van der Waals surface area contributed by atoms with Crippen LogP contribution < -0.4 is 15.8 Å². The minimum Gasteiger partial charge on any atom is -0.484 e. The molecule has 1 aliphatic carbocycles. The normalized spacial score (nSPS) is 21.9. The first-order valence-corrected chi connectivity index (χ1v) is 7.53. The van der Waals surface area contributed by atoms with E-state index in [0.717, 1.165) is 25.7 Å². The Bertz CT molecular complexity index is 491. The van der Waals surface area contributed by atoms with Crippen molar-refractivity contribution in [2.45, 2.75) is 31.7 Å². The molecule has 3 N–H and O–H groups in total. The van der Waals surface area contributed by atoms with Gasteiger partial charge in [0.05, 0.1) is 5.02 Å². The van der Waals surface area contributed by atoms with Crippen molar-refractivity contribution in [3.8, 4) is 5.75 Å². The molecule has 21 heavy (non-hydrogen) atoms. The van der Waals surface area contributed by atoms with Crippen molar-refractivity contribution in [3.05, 3.63) is 29.0 Å². The Morgan fingerprint density at radius 2 is 2.10 bits per heavy atom. The largest absolute Gasteiger partial charge is 0.484 e. The van der Waals surface area contributed by atoms with E-state index < -0.39 is 5.82 Å². The van der Waals surface area contributed by atoms with Gasteiger partial charge in [-0.1, -0.05) is 11.6 Å². The second kappa shape index (κ2) is 7.61. The molecular weight excluding hydrogens is 295 g/mol. The molecule has 0 saturated heterocycles. The summed E-state index contributed by atoms with van der Waals surface area (Å²) >= 11 is 5.58. The summed E-state index contributed by atoms with van der Waals surface area (Å²) in [4.78, 5) is 11.8. The topological polar surface area (TPSA) is 64.3 Å². The zero-order chi connectivity index (χ0) is 15.2. The fourth-order valence-electron chi connectivity index (χ4n) is 2.53. The predicted octanol–water partition coefficient (Wildman–Crippen LogP) is 2.49. The maximum absolute atomic E-state index is 13.2. The lowest BCUT2D eigenvalue weighted by molar-refractivity contribution is -0.124. The summed E-state index contributed by atoms with van der Waals surface area (Å²) in [6, 6.07) is 4.29. The standard InChI is InChI=1S/C15H20ClFN2O2/c16-13-6-5-12(7-14(13)17)21-9-15(20)19-11-3-1-10(8-18)2-4-11/h5-7,10-11H,1-4,8-9,18H2,(H,19,20)/t10-,11-. The summed E-state index contributed by atoms with van der Waals surface area (Å²) in [7, 11) is 0. The van der Waals surface area contributed by atoms with Crippen LogP contribution in [0.3, 0.4) is 0 Å². The van der Waals surface area contributed by atoms with Crippen LogP contribution in [0.25, 0.3) is 0 Å². The molecule has 0 unspecified atom stereocenters. The summed E-state index contributed by atoms with van der Waals surface area (Å²) in [5, 5.41) is 2.97. The second-order valence-electron chi connectivity index (χ2n) is 5.39. The van der Waals surface area contributed by atoms with E-state index in [1.165, 1.54) is 18.2 Å². The lowest BCUT2D eigenvalue weighted by atomic mass is 9.86. The molecule has 1 fully saturated rings. The van der Waals surface area contributed by atoms with E-state index in [1.54, 1.807) is 0 Å². The van der Waals surface area contributed by atoms with Crippen LogP contribution in [0.2, 0.25) is 5.02 Å². The van der Waals surface area contributed by atoms with Gasteiger partial charge in [-0.05, 0) is 50.3 Å². The number of ether oxygens (including phenoxy) is 1. The van der Waals surface area contributed by atoms with E-state index in [9.17, 15) is 9.18 Å². The van der Waals surface area contributed by atoms with Crippen LogP contribution in [0.1, 0.15) is 25.7 Å². The molecule has 1 aromatic carbocycles. The smallest absolute Gasteiger partial charge is 0.258 e. The van der Waals surface area contributed by atoms with Gasteiger partial charge in [0.2, 0.25) is 0 Å². The molecule has 6 heteroatoms. The highest BCUT2D eigenvalue weighted by Crippen LogP contribution is 2.23. The quantitative estimate of drug-likeness (QED) is 0.877. The van der Waals surface area contributed by atoms with Crippen LogP contribution in [-0.2, 0) is 4.79 Å². The Labute approximate surface area is 128 Å². The number of amides is 1. The lowest BCUT2D eigenvalue weighted by Crippen LogP contribution is -2.40. The van der Waals surface area contributed by atoms with E-state index >= 15 is 0 Å². The zero-order valence-electron chi connectivity index (χ0n) is 11.8. The lowest BCUT2D eigenvalue weighted by Gasteiger charge is -2.28. The summed E-state index contributed by atoms with van der Waals surface area (Å²) in [6.07, 6.45) is 3.99. The van der Waals surface area contributed by atoms with Crippen molar-refractivity contribution in [1.82, 2.24) is 5.32 Å². The van der Waals surface area contributed by atoms with E-state index in [1.807, 2.05) is 0 Å². The molecule has 1 aromatic rings. The molecule has 116 valence electrons. The van der Waals surface area contributed by atoms with Gasteiger partial charge in [-0.25, -0.2) is 4.39 Å². The van der Waals surface area contributed by atoms with Gasteiger partial charge < -0.3 is 15.8 Å². The van der Waals surface area contributed by atoms with E-state index in [-0.39, 0.29) is 23.6 Å². The molecule has 1 saturated carbocycles. The first kappa shape index (κ1) is 16.0. The summed E-state index contributed by atoms with van der Waals surface area (Å²) in [5.74, 6) is 0.113.